The predicted molar refractivity (Wildman–Crippen MR) is 75.0 cm³/mol. The van der Waals surface area contributed by atoms with Crippen molar-refractivity contribution in [1.82, 2.24) is 9.55 Å². The van der Waals surface area contributed by atoms with Gasteiger partial charge in [-0.05, 0) is 11.4 Å². The normalized spacial score (nSPS) is 10.6. The first-order valence-electron chi connectivity index (χ1n) is 5.10. The fraction of sp³-hybridized carbons (Fsp3) is 0.167. The summed E-state index contributed by atoms with van der Waals surface area (Å²) in [7, 11) is 0. The fourth-order valence-corrected chi connectivity index (χ4v) is 3.01. The van der Waals surface area contributed by atoms with E-state index in [9.17, 15) is 4.79 Å². The molecule has 0 N–H and O–H groups in total. The SMILES string of the molecule is C=CCSc1nc2sccc2c(=O)n1CC=C. The Balaban J connectivity index is 2.61. The Labute approximate surface area is 107 Å². The summed E-state index contributed by atoms with van der Waals surface area (Å²) in [6.07, 6.45) is 3.51. The van der Waals surface area contributed by atoms with Crippen LogP contribution in [0.4, 0.5) is 0 Å². The summed E-state index contributed by atoms with van der Waals surface area (Å²) < 4.78 is 1.65. The van der Waals surface area contributed by atoms with Gasteiger partial charge in [0.05, 0.1) is 5.39 Å². The zero-order chi connectivity index (χ0) is 12.3. The molecule has 0 atom stereocenters. The average Bonchev–Trinajstić information content (AvgIpc) is 2.79. The van der Waals surface area contributed by atoms with Crippen LogP contribution in [0.1, 0.15) is 0 Å². The largest absolute Gasteiger partial charge is 0.283 e. The van der Waals surface area contributed by atoms with Gasteiger partial charge in [0, 0.05) is 12.3 Å². The topological polar surface area (TPSA) is 34.9 Å². The highest BCUT2D eigenvalue weighted by molar-refractivity contribution is 7.99. The van der Waals surface area contributed by atoms with Gasteiger partial charge in [0.25, 0.3) is 5.56 Å². The molecule has 2 aromatic rings. The van der Waals surface area contributed by atoms with Crippen molar-refractivity contribution in [3.8, 4) is 0 Å². The van der Waals surface area contributed by atoms with Crippen LogP contribution in [0.2, 0.25) is 0 Å². The molecule has 0 unspecified atom stereocenters. The summed E-state index contributed by atoms with van der Waals surface area (Å²) in [5, 5.41) is 3.30. The minimum Gasteiger partial charge on any atom is -0.283 e. The van der Waals surface area contributed by atoms with E-state index in [2.05, 4.69) is 18.1 Å². The molecule has 0 aromatic carbocycles. The molecule has 2 aromatic heterocycles. The highest BCUT2D eigenvalue weighted by atomic mass is 32.2. The lowest BCUT2D eigenvalue weighted by atomic mass is 10.4. The lowest BCUT2D eigenvalue weighted by Gasteiger charge is -2.08. The first-order chi connectivity index (χ1) is 8.27. The van der Waals surface area contributed by atoms with Crippen LogP contribution < -0.4 is 5.56 Å². The second kappa shape index (κ2) is 5.33. The van der Waals surface area contributed by atoms with Crippen molar-refractivity contribution in [3.63, 3.8) is 0 Å². The molecule has 0 aliphatic carbocycles. The number of hydrogen-bond donors (Lipinski definition) is 0. The van der Waals surface area contributed by atoms with E-state index in [1.54, 1.807) is 16.7 Å². The number of nitrogens with zero attached hydrogens (tertiary/aromatic N) is 2. The van der Waals surface area contributed by atoms with Gasteiger partial charge in [0.15, 0.2) is 5.16 Å². The van der Waals surface area contributed by atoms with Crippen LogP contribution >= 0.6 is 23.1 Å². The molecule has 2 heterocycles. The minimum absolute atomic E-state index is 0.00251. The molecule has 0 saturated heterocycles. The van der Waals surface area contributed by atoms with Crippen LogP contribution in [0.5, 0.6) is 0 Å². The van der Waals surface area contributed by atoms with E-state index < -0.39 is 0 Å². The number of hydrogen-bond acceptors (Lipinski definition) is 4. The highest BCUT2D eigenvalue weighted by Crippen LogP contribution is 2.21. The maximum absolute atomic E-state index is 12.2. The molecule has 3 nitrogen and oxygen atoms in total. The van der Waals surface area contributed by atoms with E-state index in [-0.39, 0.29) is 5.56 Å². The summed E-state index contributed by atoms with van der Waals surface area (Å²) in [4.78, 5) is 17.5. The average molecular weight is 264 g/mol. The first-order valence-corrected chi connectivity index (χ1v) is 6.97. The molecule has 88 valence electrons. The Morgan fingerprint density at radius 2 is 2.29 bits per heavy atom. The lowest BCUT2D eigenvalue weighted by Crippen LogP contribution is -2.22. The monoisotopic (exact) mass is 264 g/mol. The van der Waals surface area contributed by atoms with E-state index in [1.165, 1.54) is 23.1 Å². The van der Waals surface area contributed by atoms with Crippen molar-refractivity contribution < 1.29 is 0 Å². The Morgan fingerprint density at radius 1 is 1.47 bits per heavy atom. The minimum atomic E-state index is 0.00251. The smallest absolute Gasteiger partial charge is 0.263 e. The number of allylic oxidation sites excluding steroid dienone is 1. The summed E-state index contributed by atoms with van der Waals surface area (Å²) in [5.41, 5.74) is 0.00251. The van der Waals surface area contributed by atoms with Crippen molar-refractivity contribution in [3.05, 3.63) is 47.1 Å². The molecular formula is C12H12N2OS2. The van der Waals surface area contributed by atoms with E-state index in [0.717, 1.165) is 15.7 Å². The zero-order valence-electron chi connectivity index (χ0n) is 9.26. The molecule has 0 amide bonds. The van der Waals surface area contributed by atoms with Gasteiger partial charge < -0.3 is 0 Å². The third-order valence-corrected chi connectivity index (χ3v) is 3.97. The maximum Gasteiger partial charge on any atom is 0.263 e. The van der Waals surface area contributed by atoms with Crippen molar-refractivity contribution in [1.29, 1.82) is 0 Å². The number of thiophene rings is 1. The Kier molecular flexibility index (Phi) is 3.81. The Morgan fingerprint density at radius 3 is 3.00 bits per heavy atom. The summed E-state index contributed by atoms with van der Waals surface area (Å²) in [6.45, 7) is 7.83. The van der Waals surface area contributed by atoms with Gasteiger partial charge in [-0.2, -0.15) is 0 Å². The second-order valence-electron chi connectivity index (χ2n) is 3.34. The zero-order valence-corrected chi connectivity index (χ0v) is 10.9. The molecule has 2 rings (SSSR count). The molecule has 0 aliphatic rings. The van der Waals surface area contributed by atoms with Crippen LogP contribution in [0.15, 0.2) is 46.7 Å². The Bertz CT molecular complexity index is 612. The third-order valence-electron chi connectivity index (χ3n) is 2.19. The second-order valence-corrected chi connectivity index (χ2v) is 5.22. The van der Waals surface area contributed by atoms with Crippen LogP contribution in [-0.4, -0.2) is 15.3 Å². The van der Waals surface area contributed by atoms with Gasteiger partial charge >= 0.3 is 0 Å². The fourth-order valence-electron chi connectivity index (χ4n) is 1.46. The van der Waals surface area contributed by atoms with Gasteiger partial charge in [0.1, 0.15) is 4.83 Å². The van der Waals surface area contributed by atoms with Crippen molar-refractivity contribution in [2.75, 3.05) is 5.75 Å². The summed E-state index contributed by atoms with van der Waals surface area (Å²) in [6, 6.07) is 1.82. The van der Waals surface area contributed by atoms with E-state index in [0.29, 0.717) is 11.9 Å². The number of aromatic nitrogens is 2. The molecule has 0 aliphatic heterocycles. The molecule has 0 spiro atoms. The molecule has 5 heteroatoms. The lowest BCUT2D eigenvalue weighted by molar-refractivity contribution is 0.673. The van der Waals surface area contributed by atoms with Crippen LogP contribution in [-0.2, 0) is 6.54 Å². The van der Waals surface area contributed by atoms with Crippen molar-refractivity contribution >= 4 is 33.3 Å². The van der Waals surface area contributed by atoms with E-state index in [4.69, 9.17) is 0 Å². The van der Waals surface area contributed by atoms with Gasteiger partial charge in [0.2, 0.25) is 0 Å². The van der Waals surface area contributed by atoms with Gasteiger partial charge in [-0.15, -0.1) is 24.5 Å². The molecule has 0 radical (unpaired) electrons. The number of fused-ring (bicyclic) bond motifs is 1. The van der Waals surface area contributed by atoms with Gasteiger partial charge in [-0.1, -0.05) is 23.9 Å². The third kappa shape index (κ3) is 2.35. The molecular weight excluding hydrogens is 252 g/mol. The van der Waals surface area contributed by atoms with E-state index in [1.807, 2.05) is 11.4 Å². The Hall–Kier alpha value is -1.33. The van der Waals surface area contributed by atoms with E-state index >= 15 is 0 Å². The van der Waals surface area contributed by atoms with Gasteiger partial charge in [-0.25, -0.2) is 4.98 Å². The van der Waals surface area contributed by atoms with Crippen molar-refractivity contribution in [2.24, 2.45) is 0 Å². The standard InChI is InChI=1S/C12H12N2OS2/c1-3-6-14-11(15)9-5-8-16-10(9)13-12(14)17-7-4-2/h3-5,8H,1-2,6-7H2. The predicted octanol–water partition coefficient (Wildman–Crippen LogP) is 2.92. The first kappa shape index (κ1) is 12.1. The quantitative estimate of drug-likeness (QED) is 0.473. The van der Waals surface area contributed by atoms with Crippen LogP contribution in [0, 0.1) is 0 Å². The van der Waals surface area contributed by atoms with Crippen LogP contribution in [0.3, 0.4) is 0 Å². The highest BCUT2D eigenvalue weighted by Gasteiger charge is 2.10. The number of thioether (sulfide) groups is 1. The summed E-state index contributed by atoms with van der Waals surface area (Å²) in [5.74, 6) is 0.737. The number of rotatable bonds is 5. The molecule has 0 bridgehead atoms. The summed E-state index contributed by atoms with van der Waals surface area (Å²) >= 11 is 3.00. The van der Waals surface area contributed by atoms with Crippen LogP contribution in [0.25, 0.3) is 10.2 Å². The molecule has 0 saturated carbocycles. The van der Waals surface area contributed by atoms with Crippen molar-refractivity contribution in [2.45, 2.75) is 11.7 Å². The molecule has 0 fully saturated rings. The molecule has 17 heavy (non-hydrogen) atoms. The van der Waals surface area contributed by atoms with Gasteiger partial charge in [-0.3, -0.25) is 9.36 Å². The maximum atomic E-state index is 12.2.